The first-order chi connectivity index (χ1) is 5.86. The number of terminal acetylenes is 1. The van der Waals surface area contributed by atoms with Crippen molar-refractivity contribution in [1.82, 2.24) is 4.90 Å². The van der Waals surface area contributed by atoms with E-state index in [0.717, 1.165) is 45.2 Å². The molecule has 0 N–H and O–H groups in total. The molecule has 2 nitrogen and oxygen atoms in total. The number of hydrogen-bond donors (Lipinski definition) is 0. The molecule has 0 bridgehead atoms. The van der Waals surface area contributed by atoms with Gasteiger partial charge in [-0.25, -0.2) is 0 Å². The molecule has 0 radical (unpaired) electrons. The van der Waals surface area contributed by atoms with Gasteiger partial charge in [-0.2, -0.15) is 0 Å². The monoisotopic (exact) mass is 165 g/mol. The predicted octanol–water partition coefficient (Wildman–Crippen LogP) is 0.921. The molecule has 1 atom stereocenters. The lowest BCUT2D eigenvalue weighted by molar-refractivity contribution is -0.112. The molecule has 0 aromatic rings. The molecular formula is C10H15NO. The molecule has 0 saturated carbocycles. The zero-order chi connectivity index (χ0) is 8.81. The summed E-state index contributed by atoms with van der Waals surface area (Å²) >= 11 is 0. The van der Waals surface area contributed by atoms with Crippen molar-refractivity contribution in [2.45, 2.75) is 19.3 Å². The average molecular weight is 165 g/mol. The Labute approximate surface area is 73.9 Å². The molecule has 0 spiro atoms. The highest BCUT2D eigenvalue weighted by Crippen LogP contribution is 2.13. The van der Waals surface area contributed by atoms with Gasteiger partial charge in [0.25, 0.3) is 0 Å². The molecule has 1 saturated heterocycles. The Morgan fingerprint density at radius 2 is 2.50 bits per heavy atom. The highest BCUT2D eigenvalue weighted by molar-refractivity contribution is 5.53. The molecule has 66 valence electrons. The summed E-state index contributed by atoms with van der Waals surface area (Å²) in [5.41, 5.74) is 0. The third-order valence-corrected chi connectivity index (χ3v) is 2.31. The van der Waals surface area contributed by atoms with Gasteiger partial charge in [-0.15, -0.1) is 12.3 Å². The summed E-state index contributed by atoms with van der Waals surface area (Å²) in [7, 11) is 0. The van der Waals surface area contributed by atoms with E-state index in [-0.39, 0.29) is 5.92 Å². The highest BCUT2D eigenvalue weighted by Gasteiger charge is 2.17. The van der Waals surface area contributed by atoms with E-state index in [1.807, 2.05) is 0 Å². The predicted molar refractivity (Wildman–Crippen MR) is 48.7 cm³/mol. The minimum absolute atomic E-state index is 0.247. The summed E-state index contributed by atoms with van der Waals surface area (Å²) in [6.07, 6.45) is 9.22. The maximum absolute atomic E-state index is 10.5. The van der Waals surface area contributed by atoms with Gasteiger partial charge in [-0.3, -0.25) is 0 Å². The molecular weight excluding hydrogens is 150 g/mol. The number of carbonyl (C=O) groups excluding carboxylic acids is 1. The molecule has 2 heteroatoms. The Balaban J connectivity index is 2.26. The number of piperidine rings is 1. The molecule has 0 aliphatic carbocycles. The second-order valence-corrected chi connectivity index (χ2v) is 3.29. The maximum atomic E-state index is 10.5. The first-order valence-corrected chi connectivity index (χ1v) is 4.48. The lowest BCUT2D eigenvalue weighted by Gasteiger charge is -2.29. The van der Waals surface area contributed by atoms with E-state index in [1.165, 1.54) is 0 Å². The zero-order valence-corrected chi connectivity index (χ0v) is 7.33. The van der Waals surface area contributed by atoms with Crippen molar-refractivity contribution in [2.75, 3.05) is 19.6 Å². The Bertz CT molecular complexity index is 183. The van der Waals surface area contributed by atoms with Gasteiger partial charge in [0.15, 0.2) is 0 Å². The van der Waals surface area contributed by atoms with Crippen LogP contribution in [0.4, 0.5) is 0 Å². The minimum Gasteiger partial charge on any atom is -0.303 e. The lowest BCUT2D eigenvalue weighted by Crippen LogP contribution is -2.36. The van der Waals surface area contributed by atoms with Crippen molar-refractivity contribution in [3.05, 3.63) is 0 Å². The van der Waals surface area contributed by atoms with Crippen LogP contribution < -0.4 is 0 Å². The fourth-order valence-electron chi connectivity index (χ4n) is 1.63. The van der Waals surface area contributed by atoms with Gasteiger partial charge in [0, 0.05) is 25.4 Å². The number of likely N-dealkylation sites (tertiary alicyclic amines) is 1. The summed E-state index contributed by atoms with van der Waals surface area (Å²) in [6.45, 7) is 2.96. The van der Waals surface area contributed by atoms with Crippen molar-refractivity contribution in [3.8, 4) is 12.3 Å². The first-order valence-electron chi connectivity index (χ1n) is 4.48. The summed E-state index contributed by atoms with van der Waals surface area (Å²) in [6, 6.07) is 0. The normalized spacial score (nSPS) is 24.8. The van der Waals surface area contributed by atoms with Gasteiger partial charge in [0.05, 0.1) is 0 Å². The smallest absolute Gasteiger partial charge is 0.124 e. The van der Waals surface area contributed by atoms with Crippen LogP contribution in [-0.4, -0.2) is 30.8 Å². The van der Waals surface area contributed by atoms with Gasteiger partial charge in [-0.1, -0.05) is 0 Å². The molecule has 0 aromatic carbocycles. The molecule has 1 aliphatic rings. The fraction of sp³-hybridized carbons (Fsp3) is 0.700. The summed E-state index contributed by atoms with van der Waals surface area (Å²) in [5.74, 6) is 2.86. The average Bonchev–Trinajstić information content (AvgIpc) is 2.15. The third-order valence-electron chi connectivity index (χ3n) is 2.31. The van der Waals surface area contributed by atoms with Gasteiger partial charge in [0.1, 0.15) is 6.29 Å². The second-order valence-electron chi connectivity index (χ2n) is 3.29. The first kappa shape index (κ1) is 9.28. The van der Waals surface area contributed by atoms with E-state index in [4.69, 9.17) is 6.42 Å². The Hall–Kier alpha value is -0.810. The molecule has 1 rings (SSSR count). The number of carbonyl (C=O) groups is 1. The molecule has 12 heavy (non-hydrogen) atoms. The van der Waals surface area contributed by atoms with E-state index < -0.39 is 0 Å². The van der Waals surface area contributed by atoms with E-state index in [0.29, 0.717) is 0 Å². The van der Waals surface area contributed by atoms with Gasteiger partial charge in [0.2, 0.25) is 0 Å². The van der Waals surface area contributed by atoms with Gasteiger partial charge in [-0.05, 0) is 19.4 Å². The third kappa shape index (κ3) is 2.67. The van der Waals surface area contributed by atoms with Crippen LogP contribution in [0.1, 0.15) is 19.3 Å². The van der Waals surface area contributed by atoms with E-state index in [1.54, 1.807) is 0 Å². The van der Waals surface area contributed by atoms with Crippen LogP contribution in [-0.2, 0) is 4.79 Å². The van der Waals surface area contributed by atoms with Gasteiger partial charge >= 0.3 is 0 Å². The number of nitrogens with zero attached hydrogens (tertiary/aromatic N) is 1. The Morgan fingerprint density at radius 1 is 1.67 bits per heavy atom. The Kier molecular flexibility index (Phi) is 3.83. The van der Waals surface area contributed by atoms with Crippen LogP contribution >= 0.6 is 0 Å². The van der Waals surface area contributed by atoms with Crippen LogP contribution in [0.3, 0.4) is 0 Å². The maximum Gasteiger partial charge on any atom is 0.124 e. The van der Waals surface area contributed by atoms with Crippen molar-refractivity contribution < 1.29 is 4.79 Å². The van der Waals surface area contributed by atoms with E-state index in [9.17, 15) is 4.79 Å². The van der Waals surface area contributed by atoms with Gasteiger partial charge < -0.3 is 9.69 Å². The van der Waals surface area contributed by atoms with Crippen LogP contribution in [0.25, 0.3) is 0 Å². The van der Waals surface area contributed by atoms with Crippen LogP contribution in [0, 0.1) is 18.3 Å². The zero-order valence-electron chi connectivity index (χ0n) is 7.33. The fourth-order valence-corrected chi connectivity index (χ4v) is 1.63. The number of hydrogen-bond acceptors (Lipinski definition) is 2. The number of aldehydes is 1. The molecule has 1 heterocycles. The lowest BCUT2D eigenvalue weighted by atomic mass is 10.00. The summed E-state index contributed by atoms with van der Waals surface area (Å²) in [4.78, 5) is 12.8. The molecule has 1 aliphatic heterocycles. The van der Waals surface area contributed by atoms with Crippen molar-refractivity contribution in [1.29, 1.82) is 0 Å². The largest absolute Gasteiger partial charge is 0.303 e. The summed E-state index contributed by atoms with van der Waals surface area (Å²) in [5, 5.41) is 0. The quantitative estimate of drug-likeness (QED) is 0.458. The topological polar surface area (TPSA) is 20.3 Å². The van der Waals surface area contributed by atoms with E-state index >= 15 is 0 Å². The van der Waals surface area contributed by atoms with Crippen LogP contribution in [0.15, 0.2) is 0 Å². The molecule has 1 fully saturated rings. The Morgan fingerprint density at radius 3 is 3.17 bits per heavy atom. The number of rotatable bonds is 3. The molecule has 0 aromatic heterocycles. The molecule has 1 unspecified atom stereocenters. The standard InChI is InChI=1S/C10H15NO/c1-2-3-6-11-7-4-5-10(8-11)9-12/h1,9-10H,3-8H2. The summed E-state index contributed by atoms with van der Waals surface area (Å²) < 4.78 is 0. The SMILES string of the molecule is C#CCCN1CCCC(C=O)C1. The van der Waals surface area contributed by atoms with Crippen molar-refractivity contribution in [2.24, 2.45) is 5.92 Å². The highest BCUT2D eigenvalue weighted by atomic mass is 16.1. The van der Waals surface area contributed by atoms with Crippen molar-refractivity contribution in [3.63, 3.8) is 0 Å². The second kappa shape index (κ2) is 4.95. The van der Waals surface area contributed by atoms with Crippen LogP contribution in [0.2, 0.25) is 0 Å². The van der Waals surface area contributed by atoms with Crippen molar-refractivity contribution >= 4 is 6.29 Å². The van der Waals surface area contributed by atoms with Crippen LogP contribution in [0.5, 0.6) is 0 Å². The van der Waals surface area contributed by atoms with E-state index in [2.05, 4.69) is 10.8 Å². The molecule has 0 amide bonds. The minimum atomic E-state index is 0.247.